The molecule has 7 heteroatoms. The number of aromatic nitrogens is 4. The molecule has 0 bridgehead atoms. The van der Waals surface area contributed by atoms with Crippen LogP contribution in [0.15, 0.2) is 6.33 Å². The Bertz CT molecular complexity index is 631. The number of H-pyrrole nitrogens is 1. The van der Waals surface area contributed by atoms with Crippen LogP contribution in [0.25, 0.3) is 11.2 Å². The fraction of sp³-hybridized carbons (Fsp3) is 0.538. The number of fused-ring (bicyclic) bond motifs is 1. The first-order chi connectivity index (χ1) is 9.27. The summed E-state index contributed by atoms with van der Waals surface area (Å²) in [6.45, 7) is 8.36. The minimum Gasteiger partial charge on any atom is -0.341 e. The molecule has 2 rings (SSSR count). The summed E-state index contributed by atoms with van der Waals surface area (Å²) in [5.74, 6) is 0.297. The van der Waals surface area contributed by atoms with Crippen molar-refractivity contribution in [3.05, 3.63) is 11.5 Å². The van der Waals surface area contributed by atoms with Crippen LogP contribution in [0.3, 0.4) is 0 Å². The van der Waals surface area contributed by atoms with E-state index in [-0.39, 0.29) is 28.3 Å². The number of nitrogens with one attached hydrogen (secondary N) is 2. The summed E-state index contributed by atoms with van der Waals surface area (Å²) in [7, 11) is 0. The monoisotopic (exact) mass is 295 g/mol. The summed E-state index contributed by atoms with van der Waals surface area (Å²) in [5.41, 5.74) is 1.07. The lowest BCUT2D eigenvalue weighted by atomic mass is 9.80. The van der Waals surface area contributed by atoms with Crippen LogP contribution in [0.2, 0.25) is 5.15 Å². The Hall–Kier alpha value is -1.69. The average molecular weight is 296 g/mol. The van der Waals surface area contributed by atoms with Gasteiger partial charge in [-0.2, -0.15) is 9.97 Å². The number of imidazole rings is 1. The maximum Gasteiger partial charge on any atom is 0.233 e. The van der Waals surface area contributed by atoms with Crippen LogP contribution in [-0.2, 0) is 4.79 Å². The second kappa shape index (κ2) is 5.36. The van der Waals surface area contributed by atoms with Gasteiger partial charge in [-0.05, 0) is 11.3 Å². The summed E-state index contributed by atoms with van der Waals surface area (Å²) in [4.78, 5) is 27.0. The van der Waals surface area contributed by atoms with E-state index in [4.69, 9.17) is 11.6 Å². The number of amides is 1. The van der Waals surface area contributed by atoms with Crippen LogP contribution in [0.5, 0.6) is 0 Å². The zero-order valence-corrected chi connectivity index (χ0v) is 12.7. The van der Waals surface area contributed by atoms with Crippen molar-refractivity contribution in [1.29, 1.82) is 0 Å². The SMILES string of the molecule is CC(CC(=O)Nc1nc(Cl)c2[nH]cnc2n1)C(C)(C)C. The zero-order chi connectivity index (χ0) is 14.9. The maximum atomic E-state index is 12.0. The Kier molecular flexibility index (Phi) is 3.94. The molecule has 2 heterocycles. The van der Waals surface area contributed by atoms with Crippen LogP contribution in [-0.4, -0.2) is 25.8 Å². The van der Waals surface area contributed by atoms with E-state index >= 15 is 0 Å². The van der Waals surface area contributed by atoms with E-state index in [1.807, 2.05) is 6.92 Å². The topological polar surface area (TPSA) is 83.6 Å². The quantitative estimate of drug-likeness (QED) is 0.853. The van der Waals surface area contributed by atoms with Gasteiger partial charge in [0.05, 0.1) is 6.33 Å². The summed E-state index contributed by atoms with van der Waals surface area (Å²) >= 11 is 5.99. The summed E-state index contributed by atoms with van der Waals surface area (Å²) in [6.07, 6.45) is 1.89. The first-order valence-corrected chi connectivity index (χ1v) is 6.81. The predicted octanol–water partition coefficient (Wildman–Crippen LogP) is 3.02. The Morgan fingerprint density at radius 2 is 2.15 bits per heavy atom. The normalized spacial score (nSPS) is 13.4. The van der Waals surface area contributed by atoms with Crippen LogP contribution in [0.4, 0.5) is 5.95 Å². The molecule has 2 N–H and O–H groups in total. The Labute approximate surface area is 122 Å². The van der Waals surface area contributed by atoms with Crippen LogP contribution in [0, 0.1) is 11.3 Å². The van der Waals surface area contributed by atoms with Crippen molar-refractivity contribution in [3.63, 3.8) is 0 Å². The molecule has 20 heavy (non-hydrogen) atoms. The molecule has 0 aromatic carbocycles. The highest BCUT2D eigenvalue weighted by molar-refractivity contribution is 6.33. The zero-order valence-electron chi connectivity index (χ0n) is 12.0. The van der Waals surface area contributed by atoms with Crippen molar-refractivity contribution in [2.75, 3.05) is 5.32 Å². The number of halogens is 1. The molecular weight excluding hydrogens is 278 g/mol. The molecule has 1 amide bonds. The summed E-state index contributed by atoms with van der Waals surface area (Å²) in [6, 6.07) is 0. The number of nitrogens with zero attached hydrogens (tertiary/aromatic N) is 3. The third kappa shape index (κ3) is 3.25. The van der Waals surface area contributed by atoms with E-state index < -0.39 is 0 Å². The molecule has 0 saturated carbocycles. The lowest BCUT2D eigenvalue weighted by Crippen LogP contribution is -2.24. The summed E-state index contributed by atoms with van der Waals surface area (Å²) < 4.78 is 0. The van der Waals surface area contributed by atoms with E-state index in [0.29, 0.717) is 17.6 Å². The molecule has 1 unspecified atom stereocenters. The van der Waals surface area contributed by atoms with Gasteiger partial charge in [0.15, 0.2) is 10.8 Å². The number of hydrogen-bond acceptors (Lipinski definition) is 4. The fourth-order valence-corrected chi connectivity index (χ4v) is 1.83. The lowest BCUT2D eigenvalue weighted by Gasteiger charge is -2.26. The predicted molar refractivity (Wildman–Crippen MR) is 78.6 cm³/mol. The minimum absolute atomic E-state index is 0.0714. The molecule has 0 spiro atoms. The van der Waals surface area contributed by atoms with E-state index in [2.05, 4.69) is 46.0 Å². The molecule has 2 aromatic heterocycles. The molecule has 108 valence electrons. The van der Waals surface area contributed by atoms with E-state index in [0.717, 1.165) is 0 Å². The third-order valence-corrected chi connectivity index (χ3v) is 3.74. The van der Waals surface area contributed by atoms with E-state index in [9.17, 15) is 4.79 Å². The summed E-state index contributed by atoms with van der Waals surface area (Å²) in [5, 5.41) is 2.91. The van der Waals surface area contributed by atoms with Gasteiger partial charge < -0.3 is 4.98 Å². The smallest absolute Gasteiger partial charge is 0.233 e. The van der Waals surface area contributed by atoms with Gasteiger partial charge in [-0.15, -0.1) is 0 Å². The van der Waals surface area contributed by atoms with Gasteiger partial charge in [-0.3, -0.25) is 10.1 Å². The van der Waals surface area contributed by atoms with Gasteiger partial charge >= 0.3 is 0 Å². The second-order valence-electron chi connectivity index (χ2n) is 5.96. The molecule has 1 atom stereocenters. The van der Waals surface area contributed by atoms with E-state index in [1.165, 1.54) is 6.33 Å². The average Bonchev–Trinajstić information content (AvgIpc) is 2.75. The lowest BCUT2D eigenvalue weighted by molar-refractivity contribution is -0.117. The standard InChI is InChI=1S/C13H18ClN5O/c1-7(13(2,3)4)5-8(20)17-12-18-10(14)9-11(19-12)16-6-15-9/h6-7H,5H2,1-4H3,(H2,15,16,17,18,19,20). The van der Waals surface area contributed by atoms with Gasteiger partial charge in [0.1, 0.15) is 5.52 Å². The van der Waals surface area contributed by atoms with Crippen molar-refractivity contribution in [2.45, 2.75) is 34.1 Å². The van der Waals surface area contributed by atoms with Crippen LogP contribution < -0.4 is 5.32 Å². The highest BCUT2D eigenvalue weighted by Crippen LogP contribution is 2.28. The fourth-order valence-electron chi connectivity index (χ4n) is 1.61. The number of carbonyl (C=O) groups is 1. The Balaban J connectivity index is 2.10. The number of rotatable bonds is 3. The van der Waals surface area contributed by atoms with Crippen molar-refractivity contribution >= 4 is 34.6 Å². The van der Waals surface area contributed by atoms with Crippen molar-refractivity contribution in [3.8, 4) is 0 Å². The Morgan fingerprint density at radius 1 is 1.45 bits per heavy atom. The largest absolute Gasteiger partial charge is 0.341 e. The molecule has 0 aliphatic heterocycles. The molecular formula is C13H18ClN5O. The number of carbonyl (C=O) groups excluding carboxylic acids is 1. The molecule has 2 aromatic rings. The first-order valence-electron chi connectivity index (χ1n) is 6.44. The van der Waals surface area contributed by atoms with Gasteiger partial charge in [0.25, 0.3) is 0 Å². The van der Waals surface area contributed by atoms with Crippen molar-refractivity contribution in [2.24, 2.45) is 11.3 Å². The highest BCUT2D eigenvalue weighted by atomic mass is 35.5. The number of anilines is 1. The molecule has 0 saturated heterocycles. The number of hydrogen-bond donors (Lipinski definition) is 2. The molecule has 0 fully saturated rings. The van der Waals surface area contributed by atoms with E-state index in [1.54, 1.807) is 0 Å². The van der Waals surface area contributed by atoms with Gasteiger partial charge in [-0.1, -0.05) is 39.3 Å². The highest BCUT2D eigenvalue weighted by Gasteiger charge is 2.23. The van der Waals surface area contributed by atoms with Crippen molar-refractivity contribution in [1.82, 2.24) is 19.9 Å². The second-order valence-corrected chi connectivity index (χ2v) is 6.32. The van der Waals surface area contributed by atoms with Gasteiger partial charge in [0.2, 0.25) is 11.9 Å². The number of aromatic amines is 1. The third-order valence-electron chi connectivity index (χ3n) is 3.46. The van der Waals surface area contributed by atoms with Crippen LogP contribution >= 0.6 is 11.6 Å². The molecule has 0 aliphatic rings. The van der Waals surface area contributed by atoms with Gasteiger partial charge in [-0.25, -0.2) is 4.98 Å². The molecule has 0 aliphatic carbocycles. The van der Waals surface area contributed by atoms with Crippen molar-refractivity contribution < 1.29 is 4.79 Å². The molecule has 6 nitrogen and oxygen atoms in total. The minimum atomic E-state index is -0.127. The van der Waals surface area contributed by atoms with Crippen LogP contribution in [0.1, 0.15) is 34.1 Å². The first kappa shape index (κ1) is 14.7. The maximum absolute atomic E-state index is 12.0. The molecule has 0 radical (unpaired) electrons. The van der Waals surface area contributed by atoms with Gasteiger partial charge in [0, 0.05) is 6.42 Å². The Morgan fingerprint density at radius 3 is 2.80 bits per heavy atom.